The monoisotopic (exact) mass is 353 g/mol. The van der Waals surface area contributed by atoms with Crippen LogP contribution in [-0.4, -0.2) is 50.3 Å². The van der Waals surface area contributed by atoms with E-state index < -0.39 is 5.41 Å². The van der Waals surface area contributed by atoms with Crippen molar-refractivity contribution in [2.24, 2.45) is 5.41 Å². The van der Waals surface area contributed by atoms with Crippen molar-refractivity contribution in [2.75, 3.05) is 33.4 Å². The first-order valence-electron chi connectivity index (χ1n) is 8.65. The highest BCUT2D eigenvalue weighted by atomic mass is 35.5. The minimum absolute atomic E-state index is 0.0704. The molecule has 1 aliphatic rings. The number of hydrogen-bond donors (Lipinski definition) is 0. The smallest absolute Gasteiger partial charge is 0.312 e. The number of hydrogen-bond acceptors (Lipinski definition) is 4. The standard InChI is InChI=1S/C19H28ClNO3/c1-4-24-18(22)19(13-16-5-7-17(20)8-6-16)9-11-21(12-10-19)15(2)14-23-3/h5-8,15H,4,9-14H2,1-3H3/t15-/m1/s1. The number of piperidine rings is 1. The number of methoxy groups -OCH3 is 1. The van der Waals surface area contributed by atoms with Gasteiger partial charge in [-0.1, -0.05) is 23.7 Å². The second-order valence-corrected chi connectivity index (χ2v) is 7.08. The van der Waals surface area contributed by atoms with E-state index in [4.69, 9.17) is 21.1 Å². The van der Waals surface area contributed by atoms with Gasteiger partial charge in [0.25, 0.3) is 0 Å². The van der Waals surface area contributed by atoms with Gasteiger partial charge in [-0.2, -0.15) is 0 Å². The fourth-order valence-corrected chi connectivity index (χ4v) is 3.60. The van der Waals surface area contributed by atoms with Gasteiger partial charge in [0.05, 0.1) is 18.6 Å². The minimum atomic E-state index is -0.437. The maximum absolute atomic E-state index is 12.7. The van der Waals surface area contributed by atoms with Crippen LogP contribution in [0.25, 0.3) is 0 Å². The SMILES string of the molecule is CCOC(=O)C1(Cc2ccc(Cl)cc2)CCN([C@H](C)COC)CC1. The lowest BCUT2D eigenvalue weighted by molar-refractivity contribution is -0.159. The summed E-state index contributed by atoms with van der Waals surface area (Å²) in [6, 6.07) is 8.13. The van der Waals surface area contributed by atoms with Crippen LogP contribution in [0.4, 0.5) is 0 Å². The summed E-state index contributed by atoms with van der Waals surface area (Å²) < 4.78 is 10.7. The molecule has 1 aliphatic heterocycles. The number of halogens is 1. The highest BCUT2D eigenvalue weighted by Gasteiger charge is 2.43. The lowest BCUT2D eigenvalue weighted by atomic mass is 9.73. The number of esters is 1. The van der Waals surface area contributed by atoms with Gasteiger partial charge in [0.15, 0.2) is 0 Å². The molecule has 1 heterocycles. The Kier molecular flexibility index (Phi) is 7.08. The van der Waals surface area contributed by atoms with Gasteiger partial charge < -0.3 is 9.47 Å². The Balaban J connectivity index is 2.11. The van der Waals surface area contributed by atoms with E-state index in [0.717, 1.165) is 31.5 Å². The second-order valence-electron chi connectivity index (χ2n) is 6.64. The summed E-state index contributed by atoms with van der Waals surface area (Å²) in [6.45, 7) is 6.94. The molecule has 1 atom stereocenters. The van der Waals surface area contributed by atoms with E-state index in [1.54, 1.807) is 7.11 Å². The van der Waals surface area contributed by atoms with E-state index in [1.807, 2.05) is 31.2 Å². The molecule has 1 aromatic carbocycles. The van der Waals surface area contributed by atoms with Gasteiger partial charge in [-0.15, -0.1) is 0 Å². The average Bonchev–Trinajstić information content (AvgIpc) is 2.58. The zero-order valence-corrected chi connectivity index (χ0v) is 15.6. The lowest BCUT2D eigenvalue weighted by Crippen LogP contribution is -2.49. The number of rotatable bonds is 7. The van der Waals surface area contributed by atoms with Crippen molar-refractivity contribution in [2.45, 2.75) is 39.2 Å². The van der Waals surface area contributed by atoms with E-state index in [2.05, 4.69) is 11.8 Å². The predicted molar refractivity (Wildman–Crippen MR) is 96.4 cm³/mol. The summed E-state index contributed by atoms with van der Waals surface area (Å²) in [5.41, 5.74) is 0.693. The topological polar surface area (TPSA) is 38.8 Å². The molecule has 0 saturated carbocycles. The fraction of sp³-hybridized carbons (Fsp3) is 0.632. The third-order valence-corrected chi connectivity index (χ3v) is 5.20. The Labute approximate surface area is 150 Å². The normalized spacial score (nSPS) is 19.0. The van der Waals surface area contributed by atoms with Gasteiger partial charge in [-0.25, -0.2) is 0 Å². The lowest BCUT2D eigenvalue weighted by Gasteiger charge is -2.42. The maximum Gasteiger partial charge on any atom is 0.312 e. The van der Waals surface area contributed by atoms with Crippen LogP contribution < -0.4 is 0 Å². The molecule has 0 bridgehead atoms. The van der Waals surface area contributed by atoms with Crippen molar-refractivity contribution in [1.29, 1.82) is 0 Å². The van der Waals surface area contributed by atoms with Crippen LogP contribution in [0.3, 0.4) is 0 Å². The van der Waals surface area contributed by atoms with Gasteiger partial charge in [0.1, 0.15) is 0 Å². The number of carbonyl (C=O) groups excluding carboxylic acids is 1. The highest BCUT2D eigenvalue weighted by molar-refractivity contribution is 6.30. The largest absolute Gasteiger partial charge is 0.466 e. The molecule has 0 N–H and O–H groups in total. The van der Waals surface area contributed by atoms with Crippen molar-refractivity contribution >= 4 is 17.6 Å². The van der Waals surface area contributed by atoms with Crippen molar-refractivity contribution in [1.82, 2.24) is 4.90 Å². The molecule has 24 heavy (non-hydrogen) atoms. The van der Waals surface area contributed by atoms with Crippen LogP contribution in [0.15, 0.2) is 24.3 Å². The van der Waals surface area contributed by atoms with Gasteiger partial charge >= 0.3 is 5.97 Å². The molecule has 0 spiro atoms. The summed E-state index contributed by atoms with van der Waals surface area (Å²) in [4.78, 5) is 15.1. The minimum Gasteiger partial charge on any atom is -0.466 e. The van der Waals surface area contributed by atoms with Crippen molar-refractivity contribution in [3.05, 3.63) is 34.9 Å². The van der Waals surface area contributed by atoms with E-state index >= 15 is 0 Å². The molecule has 2 rings (SSSR count). The zero-order chi connectivity index (χ0) is 17.6. The van der Waals surface area contributed by atoms with Crippen LogP contribution >= 0.6 is 11.6 Å². The van der Waals surface area contributed by atoms with Crippen LogP contribution in [0.5, 0.6) is 0 Å². The number of benzene rings is 1. The van der Waals surface area contributed by atoms with Crippen LogP contribution in [0, 0.1) is 5.41 Å². The molecule has 1 aromatic rings. The first kappa shape index (κ1) is 19.2. The third-order valence-electron chi connectivity index (χ3n) is 4.95. The summed E-state index contributed by atoms with van der Waals surface area (Å²) in [5, 5.41) is 0.715. The van der Waals surface area contributed by atoms with Gasteiger partial charge in [-0.05, 0) is 63.9 Å². The van der Waals surface area contributed by atoms with E-state index in [1.165, 1.54) is 0 Å². The number of likely N-dealkylation sites (tertiary alicyclic amines) is 1. The van der Waals surface area contributed by atoms with E-state index in [0.29, 0.717) is 30.7 Å². The Bertz CT molecular complexity index is 524. The van der Waals surface area contributed by atoms with E-state index in [-0.39, 0.29) is 5.97 Å². The third kappa shape index (κ3) is 4.71. The van der Waals surface area contributed by atoms with Crippen LogP contribution in [0.2, 0.25) is 5.02 Å². The number of ether oxygens (including phenoxy) is 2. The number of carbonyl (C=O) groups is 1. The maximum atomic E-state index is 12.7. The predicted octanol–water partition coefficient (Wildman–Crippen LogP) is 3.56. The zero-order valence-electron chi connectivity index (χ0n) is 14.9. The Morgan fingerprint density at radius 3 is 2.46 bits per heavy atom. The van der Waals surface area contributed by atoms with E-state index in [9.17, 15) is 4.79 Å². The van der Waals surface area contributed by atoms with Crippen LogP contribution in [-0.2, 0) is 20.7 Å². The Morgan fingerprint density at radius 1 is 1.29 bits per heavy atom. The molecule has 1 fully saturated rings. The molecular formula is C19H28ClNO3. The molecule has 4 nitrogen and oxygen atoms in total. The Morgan fingerprint density at radius 2 is 1.92 bits per heavy atom. The van der Waals surface area contributed by atoms with Crippen molar-refractivity contribution < 1.29 is 14.3 Å². The fourth-order valence-electron chi connectivity index (χ4n) is 3.47. The van der Waals surface area contributed by atoms with Gasteiger partial charge in [0, 0.05) is 18.2 Å². The van der Waals surface area contributed by atoms with Gasteiger partial charge in [0.2, 0.25) is 0 Å². The first-order valence-corrected chi connectivity index (χ1v) is 9.03. The van der Waals surface area contributed by atoms with Crippen molar-refractivity contribution in [3.8, 4) is 0 Å². The molecule has 0 unspecified atom stereocenters. The summed E-state index contributed by atoms with van der Waals surface area (Å²) in [7, 11) is 1.73. The summed E-state index contributed by atoms with van der Waals surface area (Å²) in [6.07, 6.45) is 2.32. The molecular weight excluding hydrogens is 326 g/mol. The highest BCUT2D eigenvalue weighted by Crippen LogP contribution is 2.37. The van der Waals surface area contributed by atoms with Gasteiger partial charge in [-0.3, -0.25) is 9.69 Å². The van der Waals surface area contributed by atoms with Crippen LogP contribution in [0.1, 0.15) is 32.3 Å². The molecule has 0 aromatic heterocycles. The average molecular weight is 354 g/mol. The summed E-state index contributed by atoms with van der Waals surface area (Å²) >= 11 is 5.97. The molecule has 134 valence electrons. The number of nitrogens with zero attached hydrogens (tertiary/aromatic N) is 1. The first-order chi connectivity index (χ1) is 11.5. The second kappa shape index (κ2) is 8.84. The summed E-state index contributed by atoms with van der Waals surface area (Å²) in [5.74, 6) is -0.0704. The molecule has 0 amide bonds. The molecule has 0 aliphatic carbocycles. The molecule has 5 heteroatoms. The molecule has 0 radical (unpaired) electrons. The Hall–Kier alpha value is -1.10. The van der Waals surface area contributed by atoms with Crippen molar-refractivity contribution in [3.63, 3.8) is 0 Å². The quantitative estimate of drug-likeness (QED) is 0.702. The molecule has 1 saturated heterocycles.